The number of hydrogen-bond donors (Lipinski definition) is 0. The minimum Gasteiger partial charge on any atom is -0.166 e. The van der Waals surface area contributed by atoms with Gasteiger partial charge in [-0.3, -0.25) is 0 Å². The van der Waals surface area contributed by atoms with Crippen LogP contribution in [0.25, 0.3) is 17.2 Å². The highest BCUT2D eigenvalue weighted by Gasteiger charge is 2.37. The first-order valence-corrected chi connectivity index (χ1v) is 9.75. The molecular weight excluding hydrogens is 390 g/mol. The Hall–Kier alpha value is -2.24. The summed E-state index contributed by atoms with van der Waals surface area (Å²) in [6.07, 6.45) is -1.26. The largest absolute Gasteiger partial charge is 0.416 e. The second kappa shape index (κ2) is 7.22. The van der Waals surface area contributed by atoms with Crippen molar-refractivity contribution >= 4 is 6.08 Å². The molecule has 1 saturated carbocycles. The second-order valence-corrected chi connectivity index (χ2v) is 7.90. The van der Waals surface area contributed by atoms with Crippen molar-refractivity contribution in [3.05, 3.63) is 64.2 Å². The zero-order valence-electron chi connectivity index (χ0n) is 15.6. The molecule has 0 aliphatic heterocycles. The van der Waals surface area contributed by atoms with Gasteiger partial charge in [0.1, 0.15) is 0 Å². The second-order valence-electron chi connectivity index (χ2n) is 7.90. The number of alkyl halides is 6. The number of rotatable bonds is 2. The first kappa shape index (κ1) is 20.0. The highest BCUT2D eigenvalue weighted by atomic mass is 19.4. The van der Waals surface area contributed by atoms with Gasteiger partial charge in [0.15, 0.2) is 0 Å². The number of halogens is 6. The Morgan fingerprint density at radius 1 is 0.759 bits per heavy atom. The summed E-state index contributed by atoms with van der Waals surface area (Å²) in [5, 5.41) is 0. The summed E-state index contributed by atoms with van der Waals surface area (Å²) in [5.41, 5.74) is 0.767. The van der Waals surface area contributed by atoms with Crippen molar-refractivity contribution in [2.45, 2.75) is 50.9 Å². The zero-order valence-corrected chi connectivity index (χ0v) is 15.6. The monoisotopic (exact) mass is 410 g/mol. The Labute approximate surface area is 165 Å². The Balaban J connectivity index is 1.81. The molecule has 2 aliphatic carbocycles. The van der Waals surface area contributed by atoms with Gasteiger partial charge in [-0.2, -0.15) is 26.3 Å². The van der Waals surface area contributed by atoms with E-state index in [4.69, 9.17) is 0 Å². The molecular formula is C23H20F6. The van der Waals surface area contributed by atoms with Crippen molar-refractivity contribution < 1.29 is 26.3 Å². The van der Waals surface area contributed by atoms with Gasteiger partial charge >= 0.3 is 12.4 Å². The lowest BCUT2D eigenvalue weighted by Crippen LogP contribution is -2.11. The normalized spacial score (nSPS) is 17.9. The maximum Gasteiger partial charge on any atom is 0.416 e. The van der Waals surface area contributed by atoms with Crippen LogP contribution in [0, 0.1) is 5.92 Å². The lowest BCUT2D eigenvalue weighted by molar-refractivity contribution is -0.143. The zero-order chi connectivity index (χ0) is 20.8. The van der Waals surface area contributed by atoms with Gasteiger partial charge in [0.2, 0.25) is 0 Å². The number of allylic oxidation sites excluding steroid dienone is 1. The molecule has 0 amide bonds. The molecule has 2 aromatic rings. The number of benzene rings is 2. The van der Waals surface area contributed by atoms with Crippen molar-refractivity contribution in [3.63, 3.8) is 0 Å². The molecule has 2 aromatic carbocycles. The van der Waals surface area contributed by atoms with Crippen LogP contribution in [0.1, 0.15) is 54.4 Å². The van der Waals surface area contributed by atoms with Crippen LogP contribution >= 0.6 is 0 Å². The predicted octanol–water partition coefficient (Wildman–Crippen LogP) is 7.91. The van der Waals surface area contributed by atoms with Crippen LogP contribution in [0.5, 0.6) is 0 Å². The molecule has 0 nitrogen and oxygen atoms in total. The standard InChI is InChI=1S/C23H20F6/c24-22(25,26)18-10-17(11-19(13-18)23(27,28)29)20-8-4-7-15-9-16(12-21(15)20)14-5-2-1-3-6-14/h4,7-8,10-14H,1-3,5-6,9H2. The van der Waals surface area contributed by atoms with Gasteiger partial charge < -0.3 is 0 Å². The molecule has 0 bridgehead atoms. The molecule has 0 heterocycles. The van der Waals surface area contributed by atoms with E-state index in [1.54, 1.807) is 12.1 Å². The Morgan fingerprint density at radius 3 is 1.97 bits per heavy atom. The van der Waals surface area contributed by atoms with Gasteiger partial charge in [-0.15, -0.1) is 0 Å². The van der Waals surface area contributed by atoms with E-state index in [2.05, 4.69) is 0 Å². The van der Waals surface area contributed by atoms with Gasteiger partial charge in [0.25, 0.3) is 0 Å². The van der Waals surface area contributed by atoms with Gasteiger partial charge in [-0.1, -0.05) is 49.1 Å². The number of fused-ring (bicyclic) bond motifs is 1. The third-order valence-electron chi connectivity index (χ3n) is 5.95. The molecule has 154 valence electrons. The van der Waals surface area contributed by atoms with Crippen molar-refractivity contribution in [2.75, 3.05) is 0 Å². The van der Waals surface area contributed by atoms with E-state index in [0.29, 0.717) is 11.5 Å². The van der Waals surface area contributed by atoms with Crippen molar-refractivity contribution in [1.29, 1.82) is 0 Å². The summed E-state index contributed by atoms with van der Waals surface area (Å²) in [6, 6.07) is 7.03. The quantitative estimate of drug-likeness (QED) is 0.441. The minimum absolute atomic E-state index is 0.0508. The van der Waals surface area contributed by atoms with E-state index in [1.165, 1.54) is 12.0 Å². The summed E-state index contributed by atoms with van der Waals surface area (Å²) < 4.78 is 79.5. The molecule has 29 heavy (non-hydrogen) atoms. The van der Waals surface area contributed by atoms with Crippen molar-refractivity contribution in [1.82, 2.24) is 0 Å². The van der Waals surface area contributed by atoms with Crippen LogP contribution in [-0.4, -0.2) is 0 Å². The average molecular weight is 410 g/mol. The van der Waals surface area contributed by atoms with Crippen molar-refractivity contribution in [3.8, 4) is 11.1 Å². The Bertz CT molecular complexity index is 911. The molecule has 2 aliphatic rings. The van der Waals surface area contributed by atoms with Gasteiger partial charge in [0, 0.05) is 0 Å². The molecule has 6 heteroatoms. The molecule has 0 saturated heterocycles. The fraction of sp³-hybridized carbons (Fsp3) is 0.391. The van der Waals surface area contributed by atoms with Crippen molar-refractivity contribution in [2.24, 2.45) is 5.92 Å². The summed E-state index contributed by atoms with van der Waals surface area (Å²) in [7, 11) is 0. The smallest absolute Gasteiger partial charge is 0.166 e. The van der Waals surface area contributed by atoms with Crippen LogP contribution in [0.4, 0.5) is 26.3 Å². The van der Waals surface area contributed by atoms with Crippen LogP contribution < -0.4 is 0 Å². The molecule has 0 spiro atoms. The van der Waals surface area contributed by atoms with Crippen LogP contribution in [0.3, 0.4) is 0 Å². The van der Waals surface area contributed by atoms with Crippen LogP contribution in [-0.2, 0) is 18.8 Å². The SMILES string of the molecule is FC(F)(F)c1cc(-c2cccc3c2C=C(C2CCCCC2)C3)cc(C(F)(F)F)c1. The first-order chi connectivity index (χ1) is 13.6. The Morgan fingerprint density at radius 2 is 1.38 bits per heavy atom. The van der Waals surface area contributed by atoms with Gasteiger partial charge in [0.05, 0.1) is 11.1 Å². The van der Waals surface area contributed by atoms with Crippen LogP contribution in [0.2, 0.25) is 0 Å². The first-order valence-electron chi connectivity index (χ1n) is 9.75. The summed E-state index contributed by atoms with van der Waals surface area (Å²) in [4.78, 5) is 0. The average Bonchev–Trinajstić information content (AvgIpc) is 3.11. The molecule has 0 atom stereocenters. The molecule has 0 N–H and O–H groups in total. The van der Waals surface area contributed by atoms with Gasteiger partial charge in [-0.05, 0) is 65.6 Å². The van der Waals surface area contributed by atoms with E-state index >= 15 is 0 Å². The lowest BCUT2D eigenvalue weighted by Gasteiger charge is -2.22. The predicted molar refractivity (Wildman–Crippen MR) is 100 cm³/mol. The molecule has 0 unspecified atom stereocenters. The van der Waals surface area contributed by atoms with Crippen LogP contribution in [0.15, 0.2) is 42.0 Å². The fourth-order valence-electron chi connectivity index (χ4n) is 4.49. The van der Waals surface area contributed by atoms with E-state index in [-0.39, 0.29) is 11.6 Å². The summed E-state index contributed by atoms with van der Waals surface area (Å²) in [6.45, 7) is 0. The Kier molecular flexibility index (Phi) is 4.99. The molecule has 4 rings (SSSR count). The van der Waals surface area contributed by atoms with E-state index in [0.717, 1.165) is 55.4 Å². The third kappa shape index (κ3) is 4.07. The van der Waals surface area contributed by atoms with Gasteiger partial charge in [-0.25, -0.2) is 0 Å². The summed E-state index contributed by atoms with van der Waals surface area (Å²) in [5.74, 6) is 0.455. The minimum atomic E-state index is -4.85. The highest BCUT2D eigenvalue weighted by molar-refractivity contribution is 5.81. The topological polar surface area (TPSA) is 0 Å². The highest BCUT2D eigenvalue weighted by Crippen LogP contribution is 2.43. The van der Waals surface area contributed by atoms with E-state index in [1.807, 2.05) is 12.1 Å². The molecule has 0 radical (unpaired) electrons. The maximum absolute atomic E-state index is 13.3. The van der Waals surface area contributed by atoms with E-state index < -0.39 is 23.5 Å². The third-order valence-corrected chi connectivity index (χ3v) is 5.95. The molecule has 1 fully saturated rings. The van der Waals surface area contributed by atoms with E-state index in [9.17, 15) is 26.3 Å². The fourth-order valence-corrected chi connectivity index (χ4v) is 4.49. The maximum atomic E-state index is 13.3. The molecule has 0 aromatic heterocycles. The lowest BCUT2D eigenvalue weighted by atomic mass is 9.83. The summed E-state index contributed by atoms with van der Waals surface area (Å²) >= 11 is 0. The number of hydrogen-bond acceptors (Lipinski definition) is 0.